The third-order valence-electron chi connectivity index (χ3n) is 2.19. The lowest BCUT2D eigenvalue weighted by Gasteiger charge is -2.11. The molecule has 1 atom stereocenters. The van der Waals surface area contributed by atoms with Gasteiger partial charge >= 0.3 is 5.97 Å². The molecule has 1 fully saturated rings. The number of carbonyl (C=O) groups is 1. The molecule has 0 spiro atoms. The lowest BCUT2D eigenvalue weighted by molar-refractivity contribution is -0.141. The largest absolute Gasteiger partial charge is 0.457 e. The lowest BCUT2D eigenvalue weighted by Crippen LogP contribution is -1.99. The maximum absolute atomic E-state index is 10.9. The molecular weight excluding hydrogens is 267 g/mol. The van der Waals surface area contributed by atoms with Gasteiger partial charge in [0.05, 0.1) is 0 Å². The Balaban J connectivity index is 2.28. The Morgan fingerprint density at radius 3 is 2.86 bits per heavy atom. The lowest BCUT2D eigenvalue weighted by atomic mass is 10.1. The third kappa shape index (κ3) is 1.93. The van der Waals surface area contributed by atoms with Crippen molar-refractivity contribution in [3.05, 3.63) is 33.3 Å². The number of halogens is 2. The van der Waals surface area contributed by atoms with Crippen molar-refractivity contribution >= 4 is 33.5 Å². The quantitative estimate of drug-likeness (QED) is 0.734. The van der Waals surface area contributed by atoms with Crippen molar-refractivity contribution in [3.8, 4) is 0 Å². The van der Waals surface area contributed by atoms with Crippen LogP contribution < -0.4 is 0 Å². The molecule has 1 aromatic carbocycles. The number of esters is 1. The number of ether oxygens (including phenoxy) is 1. The molecule has 14 heavy (non-hydrogen) atoms. The van der Waals surface area contributed by atoms with Crippen molar-refractivity contribution in [2.75, 3.05) is 0 Å². The van der Waals surface area contributed by atoms with E-state index in [0.717, 1.165) is 16.5 Å². The third-order valence-corrected chi connectivity index (χ3v) is 3.01. The van der Waals surface area contributed by atoms with E-state index in [4.69, 9.17) is 16.3 Å². The molecule has 74 valence electrons. The standard InChI is InChI=1S/C10H8BrClO2/c11-6-1-2-7(8(12)5-6)9-3-4-10(13)14-9/h1-2,5,9H,3-4H2. The normalized spacial score (nSPS) is 21.0. The predicted molar refractivity (Wildman–Crippen MR) is 57.2 cm³/mol. The van der Waals surface area contributed by atoms with E-state index in [-0.39, 0.29) is 12.1 Å². The topological polar surface area (TPSA) is 26.3 Å². The fourth-order valence-corrected chi connectivity index (χ4v) is 2.30. The molecule has 0 saturated carbocycles. The number of cyclic esters (lactones) is 1. The number of hydrogen-bond acceptors (Lipinski definition) is 2. The summed E-state index contributed by atoms with van der Waals surface area (Å²) in [5, 5.41) is 0.638. The van der Waals surface area contributed by atoms with Crippen LogP contribution in [0.25, 0.3) is 0 Å². The van der Waals surface area contributed by atoms with Gasteiger partial charge in [-0.05, 0) is 18.6 Å². The van der Waals surface area contributed by atoms with Crippen LogP contribution in [-0.2, 0) is 9.53 Å². The van der Waals surface area contributed by atoms with Gasteiger partial charge in [-0.25, -0.2) is 0 Å². The fourth-order valence-electron chi connectivity index (χ4n) is 1.51. The maximum atomic E-state index is 10.9. The van der Waals surface area contributed by atoms with E-state index in [0.29, 0.717) is 11.4 Å². The van der Waals surface area contributed by atoms with Crippen molar-refractivity contribution < 1.29 is 9.53 Å². The second-order valence-corrected chi connectivity index (χ2v) is 4.51. The minimum Gasteiger partial charge on any atom is -0.457 e. The number of carbonyl (C=O) groups excluding carboxylic acids is 1. The van der Waals surface area contributed by atoms with Crippen LogP contribution in [0.1, 0.15) is 24.5 Å². The van der Waals surface area contributed by atoms with Gasteiger partial charge in [0.1, 0.15) is 6.10 Å². The summed E-state index contributed by atoms with van der Waals surface area (Å²) in [7, 11) is 0. The predicted octanol–water partition coefficient (Wildman–Crippen LogP) is 3.48. The second-order valence-electron chi connectivity index (χ2n) is 3.18. The molecule has 2 nitrogen and oxygen atoms in total. The van der Waals surface area contributed by atoms with E-state index in [2.05, 4.69) is 15.9 Å². The van der Waals surface area contributed by atoms with Crippen LogP contribution in [-0.4, -0.2) is 5.97 Å². The van der Waals surface area contributed by atoms with Gasteiger partial charge in [0, 0.05) is 21.5 Å². The SMILES string of the molecule is O=C1CCC(c2ccc(Br)cc2Cl)O1. The van der Waals surface area contributed by atoms with Gasteiger partial charge in [0.15, 0.2) is 0 Å². The molecule has 0 aliphatic carbocycles. The van der Waals surface area contributed by atoms with E-state index in [1.165, 1.54) is 0 Å². The molecule has 1 heterocycles. The van der Waals surface area contributed by atoms with Crippen LogP contribution in [0.5, 0.6) is 0 Å². The van der Waals surface area contributed by atoms with Crippen molar-refractivity contribution in [1.29, 1.82) is 0 Å². The molecule has 1 aliphatic rings. The Morgan fingerprint density at radius 1 is 1.50 bits per heavy atom. The fraction of sp³-hybridized carbons (Fsp3) is 0.300. The first kappa shape index (κ1) is 9.99. The second kappa shape index (κ2) is 3.91. The van der Waals surface area contributed by atoms with E-state index < -0.39 is 0 Å². The number of rotatable bonds is 1. The maximum Gasteiger partial charge on any atom is 0.306 e. The Kier molecular flexibility index (Phi) is 2.79. The molecule has 1 aromatic rings. The van der Waals surface area contributed by atoms with Gasteiger partial charge in [-0.15, -0.1) is 0 Å². The van der Waals surface area contributed by atoms with Crippen LogP contribution in [0, 0.1) is 0 Å². The Hall–Kier alpha value is -0.540. The molecule has 1 saturated heterocycles. The Morgan fingerprint density at radius 2 is 2.29 bits per heavy atom. The van der Waals surface area contributed by atoms with Crippen LogP contribution in [0.4, 0.5) is 0 Å². The molecule has 1 aliphatic heterocycles. The minimum atomic E-state index is -0.164. The van der Waals surface area contributed by atoms with Gasteiger partial charge in [0.2, 0.25) is 0 Å². The molecule has 0 radical (unpaired) electrons. The first-order chi connectivity index (χ1) is 6.66. The molecule has 1 unspecified atom stereocenters. The molecular formula is C10H8BrClO2. The summed E-state index contributed by atoms with van der Waals surface area (Å²) in [6.07, 6.45) is 1.04. The summed E-state index contributed by atoms with van der Waals surface area (Å²) in [4.78, 5) is 10.9. The van der Waals surface area contributed by atoms with E-state index in [1.807, 2.05) is 18.2 Å². The first-order valence-electron chi connectivity index (χ1n) is 4.31. The van der Waals surface area contributed by atoms with Crippen LogP contribution in [0.2, 0.25) is 5.02 Å². The highest BCUT2D eigenvalue weighted by atomic mass is 79.9. The molecule has 2 rings (SSSR count). The van der Waals surface area contributed by atoms with Crippen LogP contribution >= 0.6 is 27.5 Å². The highest BCUT2D eigenvalue weighted by Crippen LogP contribution is 2.34. The molecule has 0 aromatic heterocycles. The van der Waals surface area contributed by atoms with E-state index in [9.17, 15) is 4.79 Å². The number of hydrogen-bond donors (Lipinski definition) is 0. The van der Waals surface area contributed by atoms with Gasteiger partial charge in [-0.1, -0.05) is 33.6 Å². The van der Waals surface area contributed by atoms with Crippen LogP contribution in [0.3, 0.4) is 0 Å². The zero-order chi connectivity index (χ0) is 10.1. The summed E-state index contributed by atoms with van der Waals surface area (Å²) in [6, 6.07) is 5.59. The summed E-state index contributed by atoms with van der Waals surface area (Å²) in [5.41, 5.74) is 0.890. The average molecular weight is 276 g/mol. The van der Waals surface area contributed by atoms with Gasteiger partial charge < -0.3 is 4.74 Å². The molecule has 0 bridgehead atoms. The Labute approximate surface area is 95.3 Å². The van der Waals surface area contributed by atoms with Gasteiger partial charge in [0.25, 0.3) is 0 Å². The van der Waals surface area contributed by atoms with Gasteiger partial charge in [-0.2, -0.15) is 0 Å². The monoisotopic (exact) mass is 274 g/mol. The minimum absolute atomic E-state index is 0.144. The Bertz CT molecular complexity index is 378. The smallest absolute Gasteiger partial charge is 0.306 e. The highest BCUT2D eigenvalue weighted by Gasteiger charge is 2.26. The summed E-state index contributed by atoms with van der Waals surface area (Å²) in [5.74, 6) is -0.144. The summed E-state index contributed by atoms with van der Waals surface area (Å²) < 4.78 is 6.06. The molecule has 0 N–H and O–H groups in total. The number of benzene rings is 1. The van der Waals surface area contributed by atoms with Crippen molar-refractivity contribution in [2.45, 2.75) is 18.9 Å². The zero-order valence-corrected chi connectivity index (χ0v) is 9.64. The summed E-state index contributed by atoms with van der Waals surface area (Å²) >= 11 is 9.36. The first-order valence-corrected chi connectivity index (χ1v) is 5.48. The van der Waals surface area contributed by atoms with Crippen LogP contribution in [0.15, 0.2) is 22.7 Å². The average Bonchev–Trinajstić information content (AvgIpc) is 2.51. The van der Waals surface area contributed by atoms with Crippen molar-refractivity contribution in [3.63, 3.8) is 0 Å². The molecule has 4 heteroatoms. The zero-order valence-electron chi connectivity index (χ0n) is 7.30. The van der Waals surface area contributed by atoms with Crippen molar-refractivity contribution in [1.82, 2.24) is 0 Å². The molecule has 0 amide bonds. The van der Waals surface area contributed by atoms with Gasteiger partial charge in [-0.3, -0.25) is 4.79 Å². The van der Waals surface area contributed by atoms with E-state index in [1.54, 1.807) is 0 Å². The van der Waals surface area contributed by atoms with Crippen molar-refractivity contribution in [2.24, 2.45) is 0 Å². The van der Waals surface area contributed by atoms with E-state index >= 15 is 0 Å². The summed E-state index contributed by atoms with van der Waals surface area (Å²) in [6.45, 7) is 0. The highest BCUT2D eigenvalue weighted by molar-refractivity contribution is 9.10.